The van der Waals surface area contributed by atoms with Crippen LogP contribution in [0.3, 0.4) is 0 Å². The van der Waals surface area contributed by atoms with Crippen LogP contribution in [0.15, 0.2) is 35.1 Å². The average molecular weight is 295 g/mol. The van der Waals surface area contributed by atoms with E-state index >= 15 is 0 Å². The topological polar surface area (TPSA) is 91.1 Å². The maximum absolute atomic E-state index is 11.9. The van der Waals surface area contributed by atoms with E-state index in [2.05, 4.69) is 14.4 Å². The minimum absolute atomic E-state index is 0.177. The van der Waals surface area contributed by atoms with Gasteiger partial charge in [-0.1, -0.05) is 25.1 Å². The van der Waals surface area contributed by atoms with Crippen molar-refractivity contribution in [3.8, 4) is 0 Å². The Bertz CT molecular complexity index is 753. The second kappa shape index (κ2) is 6.17. The highest BCUT2D eigenvalue weighted by atomic mass is 32.2. The number of aromatic nitrogens is 1. The van der Waals surface area contributed by atoms with Gasteiger partial charge >= 0.3 is 0 Å². The Morgan fingerprint density at radius 1 is 1.20 bits per heavy atom. The quantitative estimate of drug-likeness (QED) is 0.725. The summed E-state index contributed by atoms with van der Waals surface area (Å²) in [6.07, 6.45) is 0.338. The van der Waals surface area contributed by atoms with Gasteiger partial charge in [0, 0.05) is 24.2 Å². The van der Waals surface area contributed by atoms with Crippen LogP contribution in [0.25, 0.3) is 10.9 Å². The van der Waals surface area contributed by atoms with Crippen LogP contribution in [-0.4, -0.2) is 26.5 Å². The number of H-pyrrole nitrogens is 1. The van der Waals surface area contributed by atoms with Crippen molar-refractivity contribution in [3.05, 3.63) is 46.2 Å². The molecule has 1 heterocycles. The predicted octanol–water partition coefficient (Wildman–Crippen LogP) is 0.514. The molecule has 0 radical (unpaired) electrons. The van der Waals surface area contributed by atoms with Crippen LogP contribution in [0.5, 0.6) is 0 Å². The molecule has 0 bridgehead atoms. The highest BCUT2D eigenvalue weighted by Gasteiger charge is 2.08. The molecule has 2 aromatic rings. The van der Waals surface area contributed by atoms with E-state index in [9.17, 15) is 13.2 Å². The molecule has 0 amide bonds. The van der Waals surface area contributed by atoms with Crippen molar-refractivity contribution in [2.24, 2.45) is 0 Å². The Morgan fingerprint density at radius 2 is 1.95 bits per heavy atom. The number of aromatic amines is 1. The summed E-state index contributed by atoms with van der Waals surface area (Å²) in [5, 5.41) is 0.927. The van der Waals surface area contributed by atoms with Crippen molar-refractivity contribution in [1.29, 1.82) is 0 Å². The fourth-order valence-corrected chi connectivity index (χ4v) is 2.79. The largest absolute Gasteiger partial charge is 0.322 e. The number of para-hydroxylation sites is 1. The summed E-state index contributed by atoms with van der Waals surface area (Å²) in [6.45, 7) is 2.20. The molecule has 20 heavy (non-hydrogen) atoms. The van der Waals surface area contributed by atoms with Gasteiger partial charge in [0.15, 0.2) is 0 Å². The van der Waals surface area contributed by atoms with Crippen LogP contribution in [0.2, 0.25) is 0 Å². The number of hydrogen-bond acceptors (Lipinski definition) is 3. The molecular weight excluding hydrogens is 278 g/mol. The minimum Gasteiger partial charge on any atom is -0.322 e. The number of benzene rings is 1. The zero-order valence-electron chi connectivity index (χ0n) is 11.1. The number of nitrogens with one attached hydrogen (secondary N) is 3. The molecule has 6 nitrogen and oxygen atoms in total. The Balaban J connectivity index is 2.10. The van der Waals surface area contributed by atoms with E-state index in [1.54, 1.807) is 13.0 Å². The molecule has 0 saturated heterocycles. The maximum Gasteiger partial charge on any atom is 0.276 e. The van der Waals surface area contributed by atoms with E-state index in [-0.39, 0.29) is 12.1 Å². The maximum atomic E-state index is 11.9. The smallest absolute Gasteiger partial charge is 0.276 e. The second-order valence-corrected chi connectivity index (χ2v) is 5.94. The van der Waals surface area contributed by atoms with E-state index in [1.807, 2.05) is 24.3 Å². The summed E-state index contributed by atoms with van der Waals surface area (Å²) < 4.78 is 27.5. The van der Waals surface area contributed by atoms with Gasteiger partial charge in [0.1, 0.15) is 0 Å². The van der Waals surface area contributed by atoms with Gasteiger partial charge in [0.05, 0.1) is 0 Å². The normalized spacial score (nSPS) is 11.8. The lowest BCUT2D eigenvalue weighted by molar-refractivity contribution is 0.568. The molecule has 1 aromatic carbocycles. The highest BCUT2D eigenvalue weighted by molar-refractivity contribution is 7.87. The van der Waals surface area contributed by atoms with Crippen LogP contribution in [0.1, 0.15) is 12.5 Å². The lowest BCUT2D eigenvalue weighted by Gasteiger charge is -2.07. The standard InChI is InChI=1S/C13H17N3O3S/c1-2-14-20(18,19)15-8-7-11-9-10-5-3-4-6-12(10)16-13(11)17/h3-6,9,14-15H,2,7-8H2,1H3,(H,16,17). The molecule has 2 rings (SSSR count). The van der Waals surface area contributed by atoms with E-state index in [4.69, 9.17) is 0 Å². The van der Waals surface area contributed by atoms with Gasteiger partial charge in [0.25, 0.3) is 15.8 Å². The summed E-state index contributed by atoms with van der Waals surface area (Å²) in [5.74, 6) is 0. The molecule has 0 spiro atoms. The van der Waals surface area contributed by atoms with Crippen LogP contribution < -0.4 is 15.0 Å². The van der Waals surface area contributed by atoms with Gasteiger partial charge in [0.2, 0.25) is 0 Å². The van der Waals surface area contributed by atoms with E-state index in [0.29, 0.717) is 18.5 Å². The van der Waals surface area contributed by atoms with Gasteiger partial charge in [-0.05, 0) is 23.9 Å². The monoisotopic (exact) mass is 295 g/mol. The second-order valence-electron chi connectivity index (χ2n) is 4.36. The first-order chi connectivity index (χ1) is 9.52. The van der Waals surface area contributed by atoms with Gasteiger partial charge in [-0.3, -0.25) is 4.79 Å². The predicted molar refractivity (Wildman–Crippen MR) is 78.9 cm³/mol. The zero-order chi connectivity index (χ0) is 14.6. The van der Waals surface area contributed by atoms with Gasteiger partial charge in [-0.2, -0.15) is 8.42 Å². The lowest BCUT2D eigenvalue weighted by atomic mass is 10.1. The van der Waals surface area contributed by atoms with Gasteiger partial charge in [-0.25, -0.2) is 9.44 Å². The van der Waals surface area contributed by atoms with Gasteiger partial charge in [-0.15, -0.1) is 0 Å². The van der Waals surface area contributed by atoms with Crippen molar-refractivity contribution >= 4 is 21.1 Å². The van der Waals surface area contributed by atoms with E-state index in [0.717, 1.165) is 10.9 Å². The average Bonchev–Trinajstić information content (AvgIpc) is 2.39. The third-order valence-electron chi connectivity index (χ3n) is 2.85. The Hall–Kier alpha value is -1.70. The summed E-state index contributed by atoms with van der Waals surface area (Å²) in [7, 11) is -3.47. The molecule has 0 unspecified atom stereocenters. The van der Waals surface area contributed by atoms with Crippen molar-refractivity contribution in [1.82, 2.24) is 14.4 Å². The fraction of sp³-hybridized carbons (Fsp3) is 0.308. The molecule has 108 valence electrons. The molecule has 0 saturated carbocycles. The molecule has 3 N–H and O–H groups in total. The SMILES string of the molecule is CCNS(=O)(=O)NCCc1cc2ccccc2[nH]c1=O. The van der Waals surface area contributed by atoms with Crippen molar-refractivity contribution < 1.29 is 8.42 Å². The first kappa shape index (κ1) is 14.7. The fourth-order valence-electron chi connectivity index (χ4n) is 1.94. The third kappa shape index (κ3) is 3.66. The minimum atomic E-state index is -3.47. The first-order valence-corrected chi connectivity index (χ1v) is 7.85. The van der Waals surface area contributed by atoms with Crippen LogP contribution in [-0.2, 0) is 16.6 Å². The van der Waals surface area contributed by atoms with Crippen molar-refractivity contribution in [3.63, 3.8) is 0 Å². The Kier molecular flexibility index (Phi) is 4.53. The Labute approximate surface area is 117 Å². The molecule has 0 aliphatic heterocycles. The Morgan fingerprint density at radius 3 is 2.70 bits per heavy atom. The number of rotatable bonds is 6. The number of pyridine rings is 1. The van der Waals surface area contributed by atoms with Crippen molar-refractivity contribution in [2.45, 2.75) is 13.3 Å². The lowest BCUT2D eigenvalue weighted by Crippen LogP contribution is -2.37. The molecule has 0 aliphatic carbocycles. The molecule has 0 fully saturated rings. The zero-order valence-corrected chi connectivity index (χ0v) is 12.0. The van der Waals surface area contributed by atoms with E-state index < -0.39 is 10.2 Å². The summed E-state index contributed by atoms with van der Waals surface area (Å²) in [6, 6.07) is 9.25. The summed E-state index contributed by atoms with van der Waals surface area (Å²) in [4.78, 5) is 14.6. The van der Waals surface area contributed by atoms with E-state index in [1.165, 1.54) is 0 Å². The van der Waals surface area contributed by atoms with Crippen LogP contribution in [0.4, 0.5) is 0 Å². The molecule has 7 heteroatoms. The molecule has 1 aromatic heterocycles. The van der Waals surface area contributed by atoms with Crippen LogP contribution >= 0.6 is 0 Å². The van der Waals surface area contributed by atoms with Crippen molar-refractivity contribution in [2.75, 3.05) is 13.1 Å². The molecule has 0 atom stereocenters. The summed E-state index contributed by atoms with van der Waals surface area (Å²) >= 11 is 0. The number of hydrogen-bond donors (Lipinski definition) is 3. The van der Waals surface area contributed by atoms with Crippen LogP contribution in [0, 0.1) is 0 Å². The number of fused-ring (bicyclic) bond motifs is 1. The molecular formula is C13H17N3O3S. The van der Waals surface area contributed by atoms with Gasteiger partial charge < -0.3 is 4.98 Å². The third-order valence-corrected chi connectivity index (χ3v) is 4.10. The highest BCUT2D eigenvalue weighted by Crippen LogP contribution is 2.10. The first-order valence-electron chi connectivity index (χ1n) is 6.37. The molecule has 0 aliphatic rings. The summed E-state index contributed by atoms with van der Waals surface area (Å²) in [5.41, 5.74) is 1.14.